The van der Waals surface area contributed by atoms with Gasteiger partial charge in [0, 0.05) is 49.6 Å². The SMILES string of the molecule is c1ccc(-c2ccc(-n3c4ccccc4c4ccc5c6ccccc6n(-c6cccc(-c7nc(-c8ccccc8)cc(-c8ccccc8)n7)c6)c5c43)cc2)cc1. The summed E-state index contributed by atoms with van der Waals surface area (Å²) < 4.78 is 4.88. The van der Waals surface area contributed by atoms with Crippen LogP contribution in [-0.2, 0) is 0 Å². The van der Waals surface area contributed by atoms with Crippen molar-refractivity contribution in [3.8, 4) is 56.4 Å². The molecule has 0 bridgehead atoms. The molecule has 0 aliphatic carbocycles. The molecule has 0 saturated carbocycles. The van der Waals surface area contributed by atoms with Crippen molar-refractivity contribution in [2.75, 3.05) is 0 Å². The maximum atomic E-state index is 5.18. The van der Waals surface area contributed by atoms with Crippen LogP contribution in [0.15, 0.2) is 206 Å². The van der Waals surface area contributed by atoms with Crippen molar-refractivity contribution in [2.45, 2.75) is 0 Å². The summed E-state index contributed by atoms with van der Waals surface area (Å²) in [7, 11) is 0. The Bertz CT molecular complexity index is 3160. The van der Waals surface area contributed by atoms with E-state index in [0.29, 0.717) is 5.82 Å². The quantitative estimate of drug-likeness (QED) is 0.172. The second-order valence-corrected chi connectivity index (χ2v) is 14.2. The summed E-state index contributed by atoms with van der Waals surface area (Å²) in [5.74, 6) is 0.686. The average molecular weight is 715 g/mol. The van der Waals surface area contributed by atoms with Crippen molar-refractivity contribution in [3.05, 3.63) is 206 Å². The van der Waals surface area contributed by atoms with Crippen LogP contribution in [0.4, 0.5) is 0 Å². The van der Waals surface area contributed by atoms with Gasteiger partial charge in [-0.2, -0.15) is 0 Å². The fraction of sp³-hybridized carbons (Fsp3) is 0. The van der Waals surface area contributed by atoms with Crippen LogP contribution in [0.25, 0.3) is 100 Å². The molecule has 4 nitrogen and oxygen atoms in total. The molecule has 11 rings (SSSR count). The van der Waals surface area contributed by atoms with E-state index in [2.05, 4.69) is 203 Å². The molecule has 8 aromatic carbocycles. The zero-order valence-corrected chi connectivity index (χ0v) is 30.4. The van der Waals surface area contributed by atoms with Crippen molar-refractivity contribution in [1.82, 2.24) is 19.1 Å². The van der Waals surface area contributed by atoms with E-state index in [1.807, 2.05) is 12.1 Å². The van der Waals surface area contributed by atoms with E-state index in [1.54, 1.807) is 0 Å². The van der Waals surface area contributed by atoms with Gasteiger partial charge in [-0.1, -0.05) is 164 Å². The molecule has 0 fully saturated rings. The summed E-state index contributed by atoms with van der Waals surface area (Å²) in [6.45, 7) is 0. The van der Waals surface area contributed by atoms with Gasteiger partial charge in [0.2, 0.25) is 0 Å². The molecule has 0 aliphatic rings. The lowest BCUT2D eigenvalue weighted by Gasteiger charge is -2.14. The molecule has 11 aromatic rings. The number of nitrogens with zero attached hydrogens (tertiary/aromatic N) is 4. The van der Waals surface area contributed by atoms with Gasteiger partial charge in [-0.3, -0.25) is 0 Å². The van der Waals surface area contributed by atoms with Gasteiger partial charge in [-0.05, 0) is 53.6 Å². The van der Waals surface area contributed by atoms with Crippen LogP contribution in [0.1, 0.15) is 0 Å². The first-order valence-corrected chi connectivity index (χ1v) is 19.0. The Morgan fingerprint density at radius 1 is 0.286 bits per heavy atom. The number of benzene rings is 8. The Morgan fingerprint density at radius 3 is 1.29 bits per heavy atom. The minimum atomic E-state index is 0.686. The number of para-hydroxylation sites is 2. The van der Waals surface area contributed by atoms with Crippen molar-refractivity contribution in [1.29, 1.82) is 0 Å². The first-order chi connectivity index (χ1) is 27.8. The molecular weight excluding hydrogens is 681 g/mol. The van der Waals surface area contributed by atoms with Crippen LogP contribution in [0.3, 0.4) is 0 Å². The molecular formula is C52H34N4. The van der Waals surface area contributed by atoms with Crippen molar-refractivity contribution < 1.29 is 0 Å². The van der Waals surface area contributed by atoms with Crippen LogP contribution >= 0.6 is 0 Å². The molecule has 0 amide bonds. The van der Waals surface area contributed by atoms with E-state index in [9.17, 15) is 0 Å². The standard InChI is InChI=1S/C52H34N4/c1-4-15-35(16-5-1)36-27-29-40(30-28-36)55-48-25-12-10-23-42(48)44-31-32-45-43-24-11-13-26-49(43)56(51(45)50(44)55)41-22-14-21-39(33-41)52-53-46(37-17-6-2-7-18-37)34-47(54-52)38-19-8-3-9-20-38/h1-34H. The smallest absolute Gasteiger partial charge is 0.160 e. The Labute approximate surface area is 324 Å². The third-order valence-electron chi connectivity index (χ3n) is 10.9. The second kappa shape index (κ2) is 13.1. The van der Waals surface area contributed by atoms with Crippen LogP contribution in [-0.4, -0.2) is 19.1 Å². The fourth-order valence-electron chi connectivity index (χ4n) is 8.34. The molecule has 56 heavy (non-hydrogen) atoms. The van der Waals surface area contributed by atoms with Crippen molar-refractivity contribution >= 4 is 43.6 Å². The van der Waals surface area contributed by atoms with Crippen LogP contribution in [0, 0.1) is 0 Å². The lowest BCUT2D eigenvalue weighted by molar-refractivity contribution is 1.14. The first kappa shape index (κ1) is 31.9. The van der Waals surface area contributed by atoms with E-state index in [0.717, 1.165) is 50.5 Å². The number of aromatic nitrogens is 4. The summed E-state index contributed by atoms with van der Waals surface area (Å²) in [5.41, 5.74) is 14.1. The van der Waals surface area contributed by atoms with E-state index in [-0.39, 0.29) is 0 Å². The van der Waals surface area contributed by atoms with Gasteiger partial charge in [-0.15, -0.1) is 0 Å². The highest BCUT2D eigenvalue weighted by atomic mass is 15.0. The molecule has 0 atom stereocenters. The lowest BCUT2D eigenvalue weighted by Crippen LogP contribution is -2.00. The average Bonchev–Trinajstić information content (AvgIpc) is 3.80. The third kappa shape index (κ3) is 5.23. The molecule has 4 heteroatoms. The predicted molar refractivity (Wildman–Crippen MR) is 232 cm³/mol. The fourth-order valence-corrected chi connectivity index (χ4v) is 8.34. The zero-order chi connectivity index (χ0) is 37.0. The Hall–Kier alpha value is -7.56. The van der Waals surface area contributed by atoms with E-state index in [1.165, 1.54) is 43.7 Å². The van der Waals surface area contributed by atoms with E-state index < -0.39 is 0 Å². The second-order valence-electron chi connectivity index (χ2n) is 14.2. The molecule has 0 saturated heterocycles. The topological polar surface area (TPSA) is 35.6 Å². The van der Waals surface area contributed by atoms with Gasteiger partial charge in [-0.25, -0.2) is 9.97 Å². The van der Waals surface area contributed by atoms with Crippen LogP contribution < -0.4 is 0 Å². The summed E-state index contributed by atoms with van der Waals surface area (Å²) in [6, 6.07) is 73.2. The van der Waals surface area contributed by atoms with Gasteiger partial charge >= 0.3 is 0 Å². The number of rotatable bonds is 6. The number of fused-ring (bicyclic) bond motifs is 7. The highest BCUT2D eigenvalue weighted by Crippen LogP contribution is 2.42. The number of hydrogen-bond acceptors (Lipinski definition) is 2. The maximum Gasteiger partial charge on any atom is 0.160 e. The van der Waals surface area contributed by atoms with Crippen molar-refractivity contribution in [3.63, 3.8) is 0 Å². The maximum absolute atomic E-state index is 5.18. The highest BCUT2D eigenvalue weighted by molar-refractivity contribution is 6.23. The van der Waals surface area contributed by atoms with Crippen LogP contribution in [0.2, 0.25) is 0 Å². The molecule has 262 valence electrons. The predicted octanol–water partition coefficient (Wildman–Crippen LogP) is 13.3. The van der Waals surface area contributed by atoms with Gasteiger partial charge < -0.3 is 9.13 Å². The summed E-state index contributed by atoms with van der Waals surface area (Å²) in [4.78, 5) is 10.4. The third-order valence-corrected chi connectivity index (χ3v) is 10.9. The zero-order valence-electron chi connectivity index (χ0n) is 30.4. The molecule has 3 heterocycles. The molecule has 0 N–H and O–H groups in total. The van der Waals surface area contributed by atoms with Crippen LogP contribution in [0.5, 0.6) is 0 Å². The monoisotopic (exact) mass is 714 g/mol. The molecule has 0 unspecified atom stereocenters. The van der Waals surface area contributed by atoms with E-state index >= 15 is 0 Å². The minimum absolute atomic E-state index is 0.686. The summed E-state index contributed by atoms with van der Waals surface area (Å²) in [5, 5.41) is 4.85. The molecule has 0 spiro atoms. The molecule has 0 radical (unpaired) electrons. The van der Waals surface area contributed by atoms with Crippen molar-refractivity contribution in [2.24, 2.45) is 0 Å². The van der Waals surface area contributed by atoms with Gasteiger partial charge in [0.1, 0.15) is 0 Å². The Morgan fingerprint density at radius 2 is 0.732 bits per heavy atom. The van der Waals surface area contributed by atoms with E-state index in [4.69, 9.17) is 9.97 Å². The highest BCUT2D eigenvalue weighted by Gasteiger charge is 2.22. The minimum Gasteiger partial charge on any atom is -0.307 e. The largest absolute Gasteiger partial charge is 0.307 e. The van der Waals surface area contributed by atoms with Gasteiger partial charge in [0.25, 0.3) is 0 Å². The summed E-state index contributed by atoms with van der Waals surface area (Å²) >= 11 is 0. The first-order valence-electron chi connectivity index (χ1n) is 19.0. The lowest BCUT2D eigenvalue weighted by atomic mass is 10.1. The van der Waals surface area contributed by atoms with Gasteiger partial charge in [0.15, 0.2) is 5.82 Å². The number of hydrogen-bond donors (Lipinski definition) is 0. The molecule has 3 aromatic heterocycles. The molecule has 0 aliphatic heterocycles. The Kier molecular flexibility index (Phi) is 7.46. The van der Waals surface area contributed by atoms with Gasteiger partial charge in [0.05, 0.1) is 33.5 Å². The normalized spacial score (nSPS) is 11.6. The Balaban J connectivity index is 1.17. The summed E-state index contributed by atoms with van der Waals surface area (Å²) in [6.07, 6.45) is 0.